The van der Waals surface area contributed by atoms with Crippen LogP contribution in [0.1, 0.15) is 37.6 Å². The van der Waals surface area contributed by atoms with Gasteiger partial charge < -0.3 is 10.1 Å². The van der Waals surface area contributed by atoms with Crippen LogP contribution in [0.4, 0.5) is 0 Å². The van der Waals surface area contributed by atoms with E-state index >= 15 is 0 Å². The summed E-state index contributed by atoms with van der Waals surface area (Å²) in [6.07, 6.45) is 0.906. The maximum Gasteiger partial charge on any atom is 0.255 e. The van der Waals surface area contributed by atoms with Crippen molar-refractivity contribution in [3.63, 3.8) is 0 Å². The predicted molar refractivity (Wildman–Crippen MR) is 72.5 cm³/mol. The zero-order valence-electron chi connectivity index (χ0n) is 10.4. The highest BCUT2D eigenvalue weighted by Crippen LogP contribution is 2.23. The van der Waals surface area contributed by atoms with Crippen LogP contribution < -0.4 is 10.1 Å². The van der Waals surface area contributed by atoms with Crippen LogP contribution in [-0.4, -0.2) is 18.6 Å². The number of benzene rings is 1. The molecule has 0 radical (unpaired) electrons. The second-order valence-electron chi connectivity index (χ2n) is 3.86. The molecule has 94 valence electrons. The molecule has 3 nitrogen and oxygen atoms in total. The summed E-state index contributed by atoms with van der Waals surface area (Å²) in [6.45, 7) is 6.47. The van der Waals surface area contributed by atoms with Crippen molar-refractivity contribution >= 4 is 21.8 Å². The normalized spacial score (nSPS) is 12.0. The van der Waals surface area contributed by atoms with Crippen LogP contribution in [0.25, 0.3) is 0 Å². The first-order valence-corrected chi connectivity index (χ1v) is 6.61. The Bertz CT molecular complexity index is 393. The second-order valence-corrected chi connectivity index (χ2v) is 4.77. The Kier molecular flexibility index (Phi) is 5.48. The summed E-state index contributed by atoms with van der Waals surface area (Å²) < 4.78 is 6.32. The summed E-state index contributed by atoms with van der Waals surface area (Å²) >= 11 is 3.36. The van der Waals surface area contributed by atoms with Crippen molar-refractivity contribution in [3.8, 4) is 5.75 Å². The van der Waals surface area contributed by atoms with Gasteiger partial charge in [0.25, 0.3) is 5.91 Å². The standard InChI is InChI=1S/C13H18BrNO2/c1-4-9(3)15-13(16)11-8-10(14)6-7-12(11)17-5-2/h6-9H,4-5H2,1-3H3,(H,15,16)/t9-/m0/s1. The molecule has 1 N–H and O–H groups in total. The minimum atomic E-state index is -0.0934. The molecule has 0 saturated carbocycles. The summed E-state index contributed by atoms with van der Waals surface area (Å²) in [7, 11) is 0. The molecule has 1 aromatic rings. The van der Waals surface area contributed by atoms with E-state index in [9.17, 15) is 4.79 Å². The van der Waals surface area contributed by atoms with E-state index in [-0.39, 0.29) is 11.9 Å². The van der Waals surface area contributed by atoms with Gasteiger partial charge in [0.1, 0.15) is 5.75 Å². The van der Waals surface area contributed by atoms with Crippen LogP contribution in [-0.2, 0) is 0 Å². The quantitative estimate of drug-likeness (QED) is 0.905. The van der Waals surface area contributed by atoms with Crippen LogP contribution in [0.2, 0.25) is 0 Å². The molecule has 0 fully saturated rings. The molecule has 0 spiro atoms. The minimum Gasteiger partial charge on any atom is -0.493 e. The molecular formula is C13H18BrNO2. The van der Waals surface area contributed by atoms with Crippen LogP contribution in [0, 0.1) is 0 Å². The maximum absolute atomic E-state index is 12.0. The summed E-state index contributed by atoms with van der Waals surface area (Å²) in [5.74, 6) is 0.528. The second kappa shape index (κ2) is 6.64. The van der Waals surface area contributed by atoms with Gasteiger partial charge in [-0.25, -0.2) is 0 Å². The van der Waals surface area contributed by atoms with Crippen LogP contribution >= 0.6 is 15.9 Å². The summed E-state index contributed by atoms with van der Waals surface area (Å²) in [6, 6.07) is 5.61. The lowest BCUT2D eigenvalue weighted by Gasteiger charge is -2.14. The number of carbonyl (C=O) groups excluding carboxylic acids is 1. The predicted octanol–water partition coefficient (Wildman–Crippen LogP) is 3.38. The molecule has 17 heavy (non-hydrogen) atoms. The Morgan fingerprint density at radius 3 is 2.76 bits per heavy atom. The van der Waals surface area contributed by atoms with E-state index in [1.54, 1.807) is 12.1 Å². The summed E-state index contributed by atoms with van der Waals surface area (Å²) in [5.41, 5.74) is 0.571. The van der Waals surface area contributed by atoms with Crippen LogP contribution in [0.3, 0.4) is 0 Å². The first kappa shape index (κ1) is 14.0. The molecule has 4 heteroatoms. The highest BCUT2D eigenvalue weighted by atomic mass is 79.9. The van der Waals surface area contributed by atoms with Gasteiger partial charge in [-0.2, -0.15) is 0 Å². The summed E-state index contributed by atoms with van der Waals surface area (Å²) in [5, 5.41) is 2.93. The molecule has 1 atom stereocenters. The van der Waals surface area contributed by atoms with E-state index in [4.69, 9.17) is 4.74 Å². The Morgan fingerprint density at radius 2 is 2.18 bits per heavy atom. The van der Waals surface area contributed by atoms with Crippen molar-refractivity contribution in [1.29, 1.82) is 0 Å². The van der Waals surface area contributed by atoms with Crippen molar-refractivity contribution < 1.29 is 9.53 Å². The van der Waals surface area contributed by atoms with Gasteiger partial charge in [-0.05, 0) is 38.5 Å². The molecule has 0 heterocycles. The zero-order chi connectivity index (χ0) is 12.8. The van der Waals surface area contributed by atoms with E-state index in [0.29, 0.717) is 17.9 Å². The van der Waals surface area contributed by atoms with Gasteiger partial charge in [0.2, 0.25) is 0 Å². The lowest BCUT2D eigenvalue weighted by molar-refractivity contribution is 0.0935. The van der Waals surface area contributed by atoms with E-state index < -0.39 is 0 Å². The first-order valence-electron chi connectivity index (χ1n) is 5.81. The number of nitrogens with one attached hydrogen (secondary N) is 1. The number of halogens is 1. The average Bonchev–Trinajstić information content (AvgIpc) is 2.31. The van der Waals surface area contributed by atoms with Crippen LogP contribution in [0.15, 0.2) is 22.7 Å². The Hall–Kier alpha value is -1.03. The zero-order valence-corrected chi connectivity index (χ0v) is 12.0. The number of ether oxygens (including phenoxy) is 1. The lowest BCUT2D eigenvalue weighted by Crippen LogP contribution is -2.32. The molecule has 1 aromatic carbocycles. The third-order valence-electron chi connectivity index (χ3n) is 2.48. The van der Waals surface area contributed by atoms with Crippen LogP contribution in [0.5, 0.6) is 5.75 Å². The van der Waals surface area contributed by atoms with Gasteiger partial charge in [0, 0.05) is 10.5 Å². The highest BCUT2D eigenvalue weighted by Gasteiger charge is 2.14. The smallest absolute Gasteiger partial charge is 0.255 e. The van der Waals surface area contributed by atoms with Gasteiger partial charge in [-0.1, -0.05) is 22.9 Å². The van der Waals surface area contributed by atoms with Crippen molar-refractivity contribution in [3.05, 3.63) is 28.2 Å². The molecule has 0 aliphatic carbocycles. The lowest BCUT2D eigenvalue weighted by atomic mass is 10.1. The third-order valence-corrected chi connectivity index (χ3v) is 2.97. The van der Waals surface area contributed by atoms with Crippen molar-refractivity contribution in [1.82, 2.24) is 5.32 Å². The number of hydrogen-bond acceptors (Lipinski definition) is 2. The van der Waals surface area contributed by atoms with E-state index in [2.05, 4.69) is 21.2 Å². The highest BCUT2D eigenvalue weighted by molar-refractivity contribution is 9.10. The van der Waals surface area contributed by atoms with E-state index in [1.807, 2.05) is 26.8 Å². The first-order chi connectivity index (χ1) is 8.08. The number of carbonyl (C=O) groups is 1. The van der Waals surface area contributed by atoms with E-state index in [0.717, 1.165) is 10.9 Å². The Labute approximate surface area is 111 Å². The van der Waals surface area contributed by atoms with Gasteiger partial charge >= 0.3 is 0 Å². The SMILES string of the molecule is CCOc1ccc(Br)cc1C(=O)N[C@@H](C)CC. The topological polar surface area (TPSA) is 38.3 Å². The third kappa shape index (κ3) is 4.04. The molecule has 0 aliphatic rings. The molecular weight excluding hydrogens is 282 g/mol. The number of rotatable bonds is 5. The molecule has 1 amide bonds. The van der Waals surface area contributed by atoms with Crippen molar-refractivity contribution in [2.24, 2.45) is 0 Å². The fraction of sp³-hybridized carbons (Fsp3) is 0.462. The molecule has 0 bridgehead atoms. The maximum atomic E-state index is 12.0. The fourth-order valence-corrected chi connectivity index (χ4v) is 1.73. The van der Waals surface area contributed by atoms with Gasteiger partial charge in [-0.3, -0.25) is 4.79 Å². The monoisotopic (exact) mass is 299 g/mol. The van der Waals surface area contributed by atoms with Crippen molar-refractivity contribution in [2.75, 3.05) is 6.61 Å². The van der Waals surface area contributed by atoms with E-state index in [1.165, 1.54) is 0 Å². The molecule has 0 unspecified atom stereocenters. The molecule has 0 saturated heterocycles. The Morgan fingerprint density at radius 1 is 1.47 bits per heavy atom. The fourth-order valence-electron chi connectivity index (χ4n) is 1.36. The summed E-state index contributed by atoms with van der Waals surface area (Å²) in [4.78, 5) is 12.0. The molecule has 0 aromatic heterocycles. The average molecular weight is 300 g/mol. The Balaban J connectivity index is 2.93. The van der Waals surface area contributed by atoms with Gasteiger partial charge in [0.15, 0.2) is 0 Å². The number of amides is 1. The van der Waals surface area contributed by atoms with Gasteiger partial charge in [0.05, 0.1) is 12.2 Å². The van der Waals surface area contributed by atoms with Gasteiger partial charge in [-0.15, -0.1) is 0 Å². The largest absolute Gasteiger partial charge is 0.493 e. The number of hydrogen-bond donors (Lipinski definition) is 1. The minimum absolute atomic E-state index is 0.0934. The molecule has 0 aliphatic heterocycles. The molecule has 1 rings (SSSR count). The van der Waals surface area contributed by atoms with Crippen molar-refractivity contribution in [2.45, 2.75) is 33.2 Å².